The summed E-state index contributed by atoms with van der Waals surface area (Å²) < 4.78 is 10.4. The Morgan fingerprint density at radius 3 is 1.70 bits per heavy atom. The van der Waals surface area contributed by atoms with Crippen molar-refractivity contribution in [2.75, 3.05) is 13.1 Å². The van der Waals surface area contributed by atoms with Crippen LogP contribution in [0.4, 0.5) is 0 Å². The molecule has 0 spiro atoms. The average molecular weight is 354 g/mol. The number of rotatable bonds is 4. The van der Waals surface area contributed by atoms with Crippen LogP contribution in [0.3, 0.4) is 0 Å². The number of hydrogen-bond donors (Lipinski definition) is 0. The number of piperidine rings is 1. The van der Waals surface area contributed by atoms with Crippen LogP contribution in [-0.4, -0.2) is 46.0 Å². The van der Waals surface area contributed by atoms with Gasteiger partial charge in [0.1, 0.15) is 0 Å². The molecule has 1 fully saturated rings. The van der Waals surface area contributed by atoms with Crippen LogP contribution in [0, 0.1) is 5.41 Å². The smallest absolute Gasteiger partial charge is 0.174 e. The molecule has 0 aromatic rings. The van der Waals surface area contributed by atoms with Gasteiger partial charge >= 0.3 is 0 Å². The summed E-state index contributed by atoms with van der Waals surface area (Å²) >= 11 is 0. The van der Waals surface area contributed by atoms with Crippen LogP contribution in [0.25, 0.3) is 0 Å². The molecule has 0 N–H and O–H groups in total. The van der Waals surface area contributed by atoms with Gasteiger partial charge < -0.3 is 14.2 Å². The van der Waals surface area contributed by atoms with E-state index in [0.717, 1.165) is 6.42 Å². The molecule has 1 heterocycles. The van der Waals surface area contributed by atoms with Gasteiger partial charge in [0.05, 0.1) is 5.84 Å². The first kappa shape index (κ1) is 20.6. The summed E-state index contributed by atoms with van der Waals surface area (Å²) in [6, 6.07) is 0. The molecule has 0 saturated carbocycles. The van der Waals surface area contributed by atoms with E-state index >= 15 is 0 Å². The molecular formula is C18H39N3Si2. The summed E-state index contributed by atoms with van der Waals surface area (Å²) in [6.07, 6.45) is 4.92. The van der Waals surface area contributed by atoms with Crippen LogP contribution in [0.1, 0.15) is 46.5 Å². The second kappa shape index (κ2) is 7.64. The predicted molar refractivity (Wildman–Crippen MR) is 111 cm³/mol. The van der Waals surface area contributed by atoms with Crippen LogP contribution < -0.4 is 0 Å². The van der Waals surface area contributed by atoms with Crippen LogP contribution in [0.15, 0.2) is 9.32 Å². The van der Waals surface area contributed by atoms with Gasteiger partial charge in [0, 0.05) is 25.2 Å². The second-order valence-electron chi connectivity index (χ2n) is 9.90. The van der Waals surface area contributed by atoms with Gasteiger partial charge in [0.25, 0.3) is 0 Å². The number of hydrogen-bond acceptors (Lipinski definition) is 2. The lowest BCUT2D eigenvalue weighted by Crippen LogP contribution is -2.41. The molecule has 0 radical (unpaired) electrons. The van der Waals surface area contributed by atoms with E-state index in [4.69, 9.17) is 9.32 Å². The summed E-state index contributed by atoms with van der Waals surface area (Å²) in [7, 11) is -2.97. The van der Waals surface area contributed by atoms with Crippen LogP contribution >= 0.6 is 0 Å². The van der Waals surface area contributed by atoms with Gasteiger partial charge in [-0.2, -0.15) is 0 Å². The van der Waals surface area contributed by atoms with Crippen LogP contribution in [0.5, 0.6) is 0 Å². The summed E-state index contributed by atoms with van der Waals surface area (Å²) in [5.41, 5.74) is 1.47. The van der Waals surface area contributed by atoms with Crippen LogP contribution in [0.2, 0.25) is 39.3 Å². The van der Waals surface area contributed by atoms with Gasteiger partial charge in [0.15, 0.2) is 16.5 Å². The molecule has 3 nitrogen and oxygen atoms in total. The minimum atomic E-state index is -1.49. The molecule has 134 valence electrons. The molecule has 0 amide bonds. The Morgan fingerprint density at radius 1 is 0.826 bits per heavy atom. The maximum Gasteiger partial charge on any atom is 0.174 e. The van der Waals surface area contributed by atoms with Gasteiger partial charge in [-0.05, 0) is 64.0 Å². The number of amidine groups is 1. The number of likely N-dealkylation sites (tertiary alicyclic amines) is 1. The predicted octanol–water partition coefficient (Wildman–Crippen LogP) is 5.42. The first-order valence-electron chi connectivity index (χ1n) is 9.21. The van der Waals surface area contributed by atoms with Crippen molar-refractivity contribution in [2.24, 2.45) is 14.7 Å². The SMILES string of the molecule is CC(C)(C)/C(C/C(=N/[Si](C)(C)C)N1CCCCC1)=N/[Si](C)(C)C. The monoisotopic (exact) mass is 353 g/mol. The van der Waals surface area contributed by atoms with E-state index < -0.39 is 16.5 Å². The molecule has 0 aromatic carbocycles. The summed E-state index contributed by atoms with van der Waals surface area (Å²) in [5.74, 6) is 1.32. The lowest BCUT2D eigenvalue weighted by Gasteiger charge is -2.34. The standard InChI is InChI=1S/C18H39N3Si2/c1-18(2,3)16(19-22(4,5)6)15-17(20-23(7,8)9)21-13-11-10-12-14-21/h10-15H2,1-9H3/b19-16+,20-17-. The first-order chi connectivity index (χ1) is 10.3. The highest BCUT2D eigenvalue weighted by Gasteiger charge is 2.27. The highest BCUT2D eigenvalue weighted by molar-refractivity contribution is 6.76. The molecule has 23 heavy (non-hydrogen) atoms. The third-order valence-electron chi connectivity index (χ3n) is 3.85. The van der Waals surface area contributed by atoms with E-state index in [1.165, 1.54) is 43.9 Å². The quantitative estimate of drug-likeness (QED) is 0.377. The van der Waals surface area contributed by atoms with Crippen molar-refractivity contribution < 1.29 is 0 Å². The topological polar surface area (TPSA) is 28.0 Å². The van der Waals surface area contributed by atoms with Crippen molar-refractivity contribution >= 4 is 28.0 Å². The maximum atomic E-state index is 5.23. The fourth-order valence-electron chi connectivity index (χ4n) is 2.79. The van der Waals surface area contributed by atoms with Crippen LogP contribution in [-0.2, 0) is 0 Å². The maximum absolute atomic E-state index is 5.23. The van der Waals surface area contributed by atoms with Crippen molar-refractivity contribution in [3.8, 4) is 0 Å². The molecule has 0 atom stereocenters. The fraction of sp³-hybridized carbons (Fsp3) is 0.889. The van der Waals surface area contributed by atoms with Gasteiger partial charge in [-0.1, -0.05) is 20.8 Å². The Labute approximate surface area is 146 Å². The van der Waals surface area contributed by atoms with Gasteiger partial charge in [-0.15, -0.1) is 0 Å². The summed E-state index contributed by atoms with van der Waals surface area (Å²) in [5, 5.41) is 0. The van der Waals surface area contributed by atoms with E-state index in [-0.39, 0.29) is 5.41 Å². The van der Waals surface area contributed by atoms with Crippen molar-refractivity contribution in [1.29, 1.82) is 0 Å². The van der Waals surface area contributed by atoms with Gasteiger partial charge in [-0.25, -0.2) is 0 Å². The molecule has 1 aliphatic heterocycles. The van der Waals surface area contributed by atoms with E-state index in [0.29, 0.717) is 0 Å². The number of nitrogens with zero attached hydrogens (tertiary/aromatic N) is 3. The third-order valence-corrected chi connectivity index (χ3v) is 5.72. The largest absolute Gasteiger partial charge is 0.361 e. The molecule has 0 bridgehead atoms. The van der Waals surface area contributed by atoms with Gasteiger partial charge in [0.2, 0.25) is 0 Å². The molecule has 1 rings (SSSR count). The zero-order chi connectivity index (χ0) is 17.9. The fourth-order valence-corrected chi connectivity index (χ4v) is 5.01. The molecule has 1 aliphatic rings. The zero-order valence-electron chi connectivity index (χ0n) is 17.1. The van der Waals surface area contributed by atoms with E-state index in [1.54, 1.807) is 0 Å². The molecule has 0 aromatic heterocycles. The normalized spacial score (nSPS) is 19.3. The lowest BCUT2D eigenvalue weighted by atomic mass is 9.87. The van der Waals surface area contributed by atoms with Crippen molar-refractivity contribution in [2.45, 2.75) is 85.7 Å². The molecular weight excluding hydrogens is 314 g/mol. The third kappa shape index (κ3) is 8.29. The van der Waals surface area contributed by atoms with E-state index in [2.05, 4.69) is 65.0 Å². The van der Waals surface area contributed by atoms with Crippen molar-refractivity contribution in [1.82, 2.24) is 4.90 Å². The Bertz CT molecular complexity index is 442. The molecule has 0 aliphatic carbocycles. The average Bonchev–Trinajstić information content (AvgIpc) is 2.34. The zero-order valence-corrected chi connectivity index (χ0v) is 19.1. The lowest BCUT2D eigenvalue weighted by molar-refractivity contribution is 0.339. The molecule has 1 saturated heterocycles. The Hall–Kier alpha value is -0.426. The molecule has 5 heteroatoms. The minimum Gasteiger partial charge on any atom is -0.361 e. The Kier molecular flexibility index (Phi) is 6.85. The highest BCUT2D eigenvalue weighted by atomic mass is 28.3. The highest BCUT2D eigenvalue weighted by Crippen LogP contribution is 2.24. The summed E-state index contributed by atoms with van der Waals surface area (Å²) in [6.45, 7) is 23.2. The summed E-state index contributed by atoms with van der Waals surface area (Å²) in [4.78, 5) is 2.55. The van der Waals surface area contributed by atoms with Gasteiger partial charge in [-0.3, -0.25) is 0 Å². The molecule has 0 unspecified atom stereocenters. The Balaban J connectivity index is 3.15. The minimum absolute atomic E-state index is 0.121. The second-order valence-corrected chi connectivity index (χ2v) is 19.0. The van der Waals surface area contributed by atoms with E-state index in [1.807, 2.05) is 0 Å². The van der Waals surface area contributed by atoms with Crippen molar-refractivity contribution in [3.05, 3.63) is 0 Å². The first-order valence-corrected chi connectivity index (χ1v) is 16.1. The van der Waals surface area contributed by atoms with Crippen molar-refractivity contribution in [3.63, 3.8) is 0 Å². The Morgan fingerprint density at radius 2 is 1.30 bits per heavy atom. The van der Waals surface area contributed by atoms with E-state index in [9.17, 15) is 0 Å².